The molecule has 1 aliphatic rings. The number of rotatable bonds is 1. The van der Waals surface area contributed by atoms with Gasteiger partial charge < -0.3 is 0 Å². The second-order valence-electron chi connectivity index (χ2n) is 4.13. The van der Waals surface area contributed by atoms with Crippen molar-refractivity contribution in [3.8, 4) is 0 Å². The minimum absolute atomic E-state index is 0.0745. The molecule has 0 saturated heterocycles. The molecule has 0 radical (unpaired) electrons. The fourth-order valence-corrected chi connectivity index (χ4v) is 1.59. The lowest BCUT2D eigenvalue weighted by Gasteiger charge is -2.16. The van der Waals surface area contributed by atoms with Gasteiger partial charge in [0.2, 0.25) is 0 Å². The van der Waals surface area contributed by atoms with Crippen molar-refractivity contribution in [2.75, 3.05) is 0 Å². The third-order valence-electron chi connectivity index (χ3n) is 2.71. The highest BCUT2D eigenvalue weighted by Crippen LogP contribution is 2.58. The van der Waals surface area contributed by atoms with E-state index >= 15 is 0 Å². The van der Waals surface area contributed by atoms with Crippen molar-refractivity contribution in [1.29, 1.82) is 0 Å². The summed E-state index contributed by atoms with van der Waals surface area (Å²) in [5, 5.41) is 0. The van der Waals surface area contributed by atoms with Crippen LogP contribution in [0.25, 0.3) is 0 Å². The fourth-order valence-electron chi connectivity index (χ4n) is 1.59. The van der Waals surface area contributed by atoms with Crippen LogP contribution in [-0.4, -0.2) is 6.18 Å². The Kier molecular flexibility index (Phi) is 1.73. The van der Waals surface area contributed by atoms with Crippen LogP contribution in [0.15, 0.2) is 0 Å². The van der Waals surface area contributed by atoms with E-state index in [1.165, 1.54) is 6.92 Å². The lowest BCUT2D eigenvalue weighted by Crippen LogP contribution is -2.23. The van der Waals surface area contributed by atoms with Gasteiger partial charge in [0.1, 0.15) is 0 Å². The monoisotopic (exact) mass is 166 g/mol. The normalized spacial score (nSPS) is 31.6. The molecule has 3 heteroatoms. The first-order valence-electron chi connectivity index (χ1n) is 3.82. The summed E-state index contributed by atoms with van der Waals surface area (Å²) in [5.74, 6) is -1.28. The molecule has 2 unspecified atom stereocenters. The van der Waals surface area contributed by atoms with Gasteiger partial charge in [-0.05, 0) is 17.8 Å². The molecule has 0 bridgehead atoms. The Bertz CT molecular complexity index is 157. The Morgan fingerprint density at radius 2 is 1.73 bits per heavy atom. The minimum Gasteiger partial charge on any atom is -0.171 e. The average molecular weight is 166 g/mol. The van der Waals surface area contributed by atoms with Gasteiger partial charge in [-0.3, -0.25) is 0 Å². The molecule has 0 aromatic rings. The molecule has 0 aliphatic heterocycles. The number of alkyl halides is 3. The van der Waals surface area contributed by atoms with Crippen LogP contribution in [0.5, 0.6) is 0 Å². The second-order valence-corrected chi connectivity index (χ2v) is 4.13. The maximum absolute atomic E-state index is 12.1. The molecule has 1 fully saturated rings. The number of hydrogen-bond acceptors (Lipinski definition) is 0. The first kappa shape index (κ1) is 8.88. The highest BCUT2D eigenvalue weighted by Gasteiger charge is 2.56. The number of hydrogen-bond donors (Lipinski definition) is 0. The van der Waals surface area contributed by atoms with Gasteiger partial charge in [0.25, 0.3) is 0 Å². The van der Waals surface area contributed by atoms with Crippen molar-refractivity contribution in [2.45, 2.75) is 33.4 Å². The van der Waals surface area contributed by atoms with Gasteiger partial charge in [-0.25, -0.2) is 0 Å². The summed E-state index contributed by atoms with van der Waals surface area (Å²) < 4.78 is 36.2. The third-order valence-corrected chi connectivity index (χ3v) is 2.71. The molecule has 0 spiro atoms. The van der Waals surface area contributed by atoms with Crippen molar-refractivity contribution in [3.05, 3.63) is 0 Å². The summed E-state index contributed by atoms with van der Waals surface area (Å²) in [6.45, 7) is 5.05. The Hall–Kier alpha value is -0.210. The largest absolute Gasteiger partial charge is 0.391 e. The van der Waals surface area contributed by atoms with E-state index in [9.17, 15) is 13.2 Å². The van der Waals surface area contributed by atoms with E-state index in [1.807, 2.05) is 13.8 Å². The van der Waals surface area contributed by atoms with Crippen molar-refractivity contribution >= 4 is 0 Å². The Labute approximate surface area is 64.8 Å². The topological polar surface area (TPSA) is 0 Å². The van der Waals surface area contributed by atoms with Crippen LogP contribution in [0, 0.1) is 17.3 Å². The maximum atomic E-state index is 12.1. The Morgan fingerprint density at radius 3 is 1.82 bits per heavy atom. The zero-order valence-corrected chi connectivity index (χ0v) is 7.00. The van der Waals surface area contributed by atoms with Gasteiger partial charge in [-0.15, -0.1) is 0 Å². The standard InChI is InChI=1S/C8H13F3/c1-5(8(9,10)11)6-4-7(6,2)3/h5-6H,4H2,1-3H3. The molecule has 1 saturated carbocycles. The maximum Gasteiger partial charge on any atom is 0.391 e. The molecule has 0 nitrogen and oxygen atoms in total. The van der Waals surface area contributed by atoms with Crippen molar-refractivity contribution in [3.63, 3.8) is 0 Å². The Balaban J connectivity index is 2.52. The molecule has 0 aromatic heterocycles. The van der Waals surface area contributed by atoms with Crippen LogP contribution in [-0.2, 0) is 0 Å². The molecule has 2 atom stereocenters. The quantitative estimate of drug-likeness (QED) is 0.561. The molecule has 0 aromatic carbocycles. The lowest BCUT2D eigenvalue weighted by molar-refractivity contribution is -0.177. The molecular weight excluding hydrogens is 153 g/mol. The minimum atomic E-state index is -4.00. The van der Waals surface area contributed by atoms with Crippen LogP contribution in [0.1, 0.15) is 27.2 Å². The van der Waals surface area contributed by atoms with Crippen LogP contribution in [0.2, 0.25) is 0 Å². The summed E-state index contributed by atoms with van der Waals surface area (Å²) in [5.41, 5.74) is -0.0745. The zero-order valence-electron chi connectivity index (χ0n) is 7.00. The summed E-state index contributed by atoms with van der Waals surface area (Å²) in [6.07, 6.45) is -3.29. The molecule has 1 rings (SSSR count). The average Bonchev–Trinajstić information content (AvgIpc) is 2.36. The molecule has 1 aliphatic carbocycles. The van der Waals surface area contributed by atoms with E-state index in [1.54, 1.807) is 0 Å². The molecule has 0 amide bonds. The van der Waals surface area contributed by atoms with E-state index in [0.29, 0.717) is 6.42 Å². The summed E-state index contributed by atoms with van der Waals surface area (Å²) >= 11 is 0. The highest BCUT2D eigenvalue weighted by atomic mass is 19.4. The predicted molar refractivity (Wildman–Crippen MR) is 37.1 cm³/mol. The van der Waals surface area contributed by atoms with E-state index in [4.69, 9.17) is 0 Å². The van der Waals surface area contributed by atoms with Crippen LogP contribution in [0.4, 0.5) is 13.2 Å². The van der Waals surface area contributed by atoms with Crippen LogP contribution >= 0.6 is 0 Å². The van der Waals surface area contributed by atoms with E-state index in [-0.39, 0.29) is 11.3 Å². The predicted octanol–water partition coefficient (Wildman–Crippen LogP) is 3.23. The third kappa shape index (κ3) is 1.68. The van der Waals surface area contributed by atoms with Crippen molar-refractivity contribution in [2.24, 2.45) is 17.3 Å². The molecule has 0 heterocycles. The highest BCUT2D eigenvalue weighted by molar-refractivity contribution is 4.99. The summed E-state index contributed by atoms with van der Waals surface area (Å²) in [6, 6.07) is 0. The first-order chi connectivity index (χ1) is 4.75. The van der Waals surface area contributed by atoms with Crippen LogP contribution in [0.3, 0.4) is 0 Å². The summed E-state index contributed by atoms with van der Waals surface area (Å²) in [7, 11) is 0. The van der Waals surface area contributed by atoms with Crippen LogP contribution < -0.4 is 0 Å². The number of halogens is 3. The smallest absolute Gasteiger partial charge is 0.171 e. The van der Waals surface area contributed by atoms with E-state index in [2.05, 4.69) is 0 Å². The SMILES string of the molecule is CC(C1CC1(C)C)C(F)(F)F. The first-order valence-corrected chi connectivity index (χ1v) is 3.82. The Morgan fingerprint density at radius 1 is 1.36 bits per heavy atom. The molecule has 11 heavy (non-hydrogen) atoms. The summed E-state index contributed by atoms with van der Waals surface area (Å²) in [4.78, 5) is 0. The second kappa shape index (κ2) is 2.14. The fraction of sp³-hybridized carbons (Fsp3) is 1.00. The van der Waals surface area contributed by atoms with Gasteiger partial charge in [0, 0.05) is 0 Å². The van der Waals surface area contributed by atoms with Gasteiger partial charge in [0.15, 0.2) is 0 Å². The van der Waals surface area contributed by atoms with Gasteiger partial charge >= 0.3 is 6.18 Å². The zero-order chi connectivity index (χ0) is 8.86. The molecule has 66 valence electrons. The van der Waals surface area contributed by atoms with Gasteiger partial charge in [-0.1, -0.05) is 20.8 Å². The lowest BCUT2D eigenvalue weighted by atomic mass is 9.99. The van der Waals surface area contributed by atoms with Gasteiger partial charge in [0.05, 0.1) is 5.92 Å². The molecule has 0 N–H and O–H groups in total. The van der Waals surface area contributed by atoms with Crippen molar-refractivity contribution < 1.29 is 13.2 Å². The van der Waals surface area contributed by atoms with E-state index < -0.39 is 12.1 Å². The molecular formula is C8H13F3. The van der Waals surface area contributed by atoms with Crippen molar-refractivity contribution in [1.82, 2.24) is 0 Å². The van der Waals surface area contributed by atoms with E-state index in [0.717, 1.165) is 0 Å². The van der Waals surface area contributed by atoms with Gasteiger partial charge in [-0.2, -0.15) is 13.2 Å².